The summed E-state index contributed by atoms with van der Waals surface area (Å²) in [5.74, 6) is 0.701. The fourth-order valence-corrected chi connectivity index (χ4v) is 1.32. The van der Waals surface area contributed by atoms with Crippen LogP contribution in [0.25, 0.3) is 0 Å². The normalized spacial score (nSPS) is 17.7. The monoisotopic (exact) mass is 137 g/mol. The van der Waals surface area contributed by atoms with E-state index in [9.17, 15) is 0 Å². The lowest BCUT2D eigenvalue weighted by molar-refractivity contribution is 0.714. The van der Waals surface area contributed by atoms with E-state index in [1.165, 1.54) is 18.5 Å². The standard InChI is InChI=1S/C7H11N3/c1-10-7(5-2-3-5)6(8)4-9-10/h4-5H,2-3,8H2,1H3. The van der Waals surface area contributed by atoms with E-state index in [2.05, 4.69) is 5.10 Å². The molecule has 1 heterocycles. The molecule has 1 fully saturated rings. The summed E-state index contributed by atoms with van der Waals surface area (Å²) in [6.45, 7) is 0. The van der Waals surface area contributed by atoms with Crippen molar-refractivity contribution in [3.8, 4) is 0 Å². The molecule has 0 aliphatic heterocycles. The quantitative estimate of drug-likeness (QED) is 0.624. The molecule has 2 N–H and O–H groups in total. The Kier molecular flexibility index (Phi) is 1.01. The van der Waals surface area contributed by atoms with Crippen LogP contribution in [-0.2, 0) is 7.05 Å². The Balaban J connectivity index is 2.44. The van der Waals surface area contributed by atoms with Crippen molar-refractivity contribution in [2.45, 2.75) is 18.8 Å². The van der Waals surface area contributed by atoms with Gasteiger partial charge in [-0.1, -0.05) is 0 Å². The molecule has 3 heteroatoms. The largest absolute Gasteiger partial charge is 0.396 e. The van der Waals surface area contributed by atoms with Gasteiger partial charge in [0.25, 0.3) is 0 Å². The van der Waals surface area contributed by atoms with Crippen molar-refractivity contribution >= 4 is 5.69 Å². The second-order valence-electron chi connectivity index (χ2n) is 2.88. The van der Waals surface area contributed by atoms with Gasteiger partial charge in [-0.2, -0.15) is 5.10 Å². The van der Waals surface area contributed by atoms with Crippen LogP contribution in [0.4, 0.5) is 5.69 Å². The minimum atomic E-state index is 0.701. The van der Waals surface area contributed by atoms with Gasteiger partial charge in [-0.05, 0) is 12.8 Å². The van der Waals surface area contributed by atoms with Crippen LogP contribution in [0.1, 0.15) is 24.5 Å². The summed E-state index contributed by atoms with van der Waals surface area (Å²) in [5.41, 5.74) is 7.77. The van der Waals surface area contributed by atoms with E-state index in [-0.39, 0.29) is 0 Å². The molecule has 0 amide bonds. The van der Waals surface area contributed by atoms with Gasteiger partial charge in [-0.15, -0.1) is 0 Å². The van der Waals surface area contributed by atoms with Crippen molar-refractivity contribution in [2.24, 2.45) is 7.05 Å². The highest BCUT2D eigenvalue weighted by Crippen LogP contribution is 2.42. The van der Waals surface area contributed by atoms with E-state index in [0.29, 0.717) is 5.92 Å². The van der Waals surface area contributed by atoms with Crippen molar-refractivity contribution < 1.29 is 0 Å². The Morgan fingerprint density at radius 2 is 2.40 bits per heavy atom. The Morgan fingerprint density at radius 3 is 2.80 bits per heavy atom. The van der Waals surface area contributed by atoms with Gasteiger partial charge >= 0.3 is 0 Å². The molecule has 2 rings (SSSR count). The Hall–Kier alpha value is -0.990. The fraction of sp³-hybridized carbons (Fsp3) is 0.571. The number of hydrogen-bond donors (Lipinski definition) is 1. The number of aromatic nitrogens is 2. The van der Waals surface area contributed by atoms with Gasteiger partial charge in [0.15, 0.2) is 0 Å². The lowest BCUT2D eigenvalue weighted by Gasteiger charge is -1.98. The zero-order chi connectivity index (χ0) is 7.14. The van der Waals surface area contributed by atoms with Crippen LogP contribution in [0.5, 0.6) is 0 Å². The average molecular weight is 137 g/mol. The third-order valence-corrected chi connectivity index (χ3v) is 1.98. The zero-order valence-electron chi connectivity index (χ0n) is 6.04. The number of nitrogen functional groups attached to an aromatic ring is 1. The molecule has 1 saturated carbocycles. The molecule has 1 aliphatic rings. The van der Waals surface area contributed by atoms with Crippen molar-refractivity contribution in [1.29, 1.82) is 0 Å². The van der Waals surface area contributed by atoms with Crippen LogP contribution in [0.2, 0.25) is 0 Å². The van der Waals surface area contributed by atoms with E-state index in [4.69, 9.17) is 5.73 Å². The molecule has 0 spiro atoms. The van der Waals surface area contributed by atoms with Crippen LogP contribution in [0.15, 0.2) is 6.20 Å². The Morgan fingerprint density at radius 1 is 1.70 bits per heavy atom. The third-order valence-electron chi connectivity index (χ3n) is 1.98. The maximum absolute atomic E-state index is 5.70. The number of hydrogen-bond acceptors (Lipinski definition) is 2. The molecule has 0 aromatic carbocycles. The van der Waals surface area contributed by atoms with Gasteiger partial charge in [0.1, 0.15) is 0 Å². The summed E-state index contributed by atoms with van der Waals surface area (Å²) in [4.78, 5) is 0. The SMILES string of the molecule is Cn1ncc(N)c1C1CC1. The summed E-state index contributed by atoms with van der Waals surface area (Å²) in [5, 5.41) is 4.07. The van der Waals surface area contributed by atoms with Crippen LogP contribution in [-0.4, -0.2) is 9.78 Å². The molecule has 0 bridgehead atoms. The van der Waals surface area contributed by atoms with E-state index in [1.807, 2.05) is 11.7 Å². The van der Waals surface area contributed by atoms with Gasteiger partial charge < -0.3 is 5.73 Å². The van der Waals surface area contributed by atoms with Crippen molar-refractivity contribution in [2.75, 3.05) is 5.73 Å². The average Bonchev–Trinajstić information content (AvgIpc) is 2.64. The highest BCUT2D eigenvalue weighted by Gasteiger charge is 2.28. The van der Waals surface area contributed by atoms with Gasteiger partial charge in [0, 0.05) is 13.0 Å². The third kappa shape index (κ3) is 0.701. The highest BCUT2D eigenvalue weighted by atomic mass is 15.3. The first kappa shape index (κ1) is 5.77. The molecule has 1 aliphatic carbocycles. The second kappa shape index (κ2) is 1.75. The maximum atomic E-state index is 5.70. The molecule has 1 aromatic rings. The van der Waals surface area contributed by atoms with Gasteiger partial charge in [0.05, 0.1) is 17.6 Å². The van der Waals surface area contributed by atoms with Crippen molar-refractivity contribution in [1.82, 2.24) is 9.78 Å². The van der Waals surface area contributed by atoms with Gasteiger partial charge in [-0.3, -0.25) is 4.68 Å². The first-order valence-corrected chi connectivity index (χ1v) is 3.56. The van der Waals surface area contributed by atoms with Crippen molar-refractivity contribution in [3.63, 3.8) is 0 Å². The van der Waals surface area contributed by atoms with Gasteiger partial charge in [-0.25, -0.2) is 0 Å². The first-order chi connectivity index (χ1) is 4.79. The number of anilines is 1. The van der Waals surface area contributed by atoms with Crippen LogP contribution >= 0.6 is 0 Å². The molecule has 0 radical (unpaired) electrons. The number of nitrogens with zero attached hydrogens (tertiary/aromatic N) is 2. The lowest BCUT2D eigenvalue weighted by Crippen LogP contribution is -1.98. The molecule has 1 aromatic heterocycles. The topological polar surface area (TPSA) is 43.8 Å². The Labute approximate surface area is 59.8 Å². The first-order valence-electron chi connectivity index (χ1n) is 3.56. The molecular weight excluding hydrogens is 126 g/mol. The summed E-state index contributed by atoms with van der Waals surface area (Å²) in [7, 11) is 1.95. The zero-order valence-corrected chi connectivity index (χ0v) is 6.04. The smallest absolute Gasteiger partial charge is 0.0735 e. The molecule has 0 saturated heterocycles. The minimum absolute atomic E-state index is 0.701. The summed E-state index contributed by atoms with van der Waals surface area (Å²) in [6, 6.07) is 0. The van der Waals surface area contributed by atoms with E-state index < -0.39 is 0 Å². The van der Waals surface area contributed by atoms with Crippen LogP contribution in [0, 0.1) is 0 Å². The molecule has 54 valence electrons. The van der Waals surface area contributed by atoms with Crippen molar-refractivity contribution in [3.05, 3.63) is 11.9 Å². The molecule has 0 unspecified atom stereocenters. The molecular formula is C7H11N3. The summed E-state index contributed by atoms with van der Waals surface area (Å²) >= 11 is 0. The molecule has 0 atom stereocenters. The van der Waals surface area contributed by atoms with E-state index in [0.717, 1.165) is 5.69 Å². The van der Waals surface area contributed by atoms with Crippen LogP contribution in [0.3, 0.4) is 0 Å². The number of aryl methyl sites for hydroxylation is 1. The predicted octanol–water partition coefficient (Wildman–Crippen LogP) is 0.880. The summed E-state index contributed by atoms with van der Waals surface area (Å²) < 4.78 is 1.88. The second-order valence-corrected chi connectivity index (χ2v) is 2.88. The number of nitrogens with two attached hydrogens (primary N) is 1. The lowest BCUT2D eigenvalue weighted by atomic mass is 10.2. The van der Waals surface area contributed by atoms with E-state index >= 15 is 0 Å². The molecule has 3 nitrogen and oxygen atoms in total. The fourth-order valence-electron chi connectivity index (χ4n) is 1.32. The van der Waals surface area contributed by atoms with Gasteiger partial charge in [0.2, 0.25) is 0 Å². The number of rotatable bonds is 1. The highest BCUT2D eigenvalue weighted by molar-refractivity contribution is 5.44. The predicted molar refractivity (Wildman–Crippen MR) is 39.6 cm³/mol. The maximum Gasteiger partial charge on any atom is 0.0735 e. The minimum Gasteiger partial charge on any atom is -0.396 e. The van der Waals surface area contributed by atoms with Crippen LogP contribution < -0.4 is 5.73 Å². The summed E-state index contributed by atoms with van der Waals surface area (Å²) in [6.07, 6.45) is 4.29. The Bertz CT molecular complexity index is 228. The molecule has 10 heavy (non-hydrogen) atoms. The van der Waals surface area contributed by atoms with E-state index in [1.54, 1.807) is 6.20 Å².